The van der Waals surface area contributed by atoms with Crippen LogP contribution in [0.2, 0.25) is 10.0 Å². The zero-order chi connectivity index (χ0) is 22.5. The van der Waals surface area contributed by atoms with E-state index in [0.717, 1.165) is 5.56 Å². The lowest BCUT2D eigenvalue weighted by molar-refractivity contribution is 0.0667. The molecule has 6 nitrogen and oxygen atoms in total. The maximum Gasteiger partial charge on any atom is 0.289 e. The van der Waals surface area contributed by atoms with E-state index in [-0.39, 0.29) is 24.5 Å². The highest BCUT2D eigenvalue weighted by atomic mass is 35.5. The molecule has 32 heavy (non-hydrogen) atoms. The topological polar surface area (TPSA) is 71.8 Å². The van der Waals surface area contributed by atoms with E-state index in [1.807, 2.05) is 6.07 Å². The van der Waals surface area contributed by atoms with Crippen molar-refractivity contribution in [1.82, 2.24) is 10.2 Å². The van der Waals surface area contributed by atoms with Crippen molar-refractivity contribution in [1.29, 1.82) is 0 Å². The number of halogens is 2. The fourth-order valence-corrected chi connectivity index (χ4v) is 4.08. The number of carbonyl (C=O) groups is 2. The standard InChI is InChI=1S/C24H22Cl2N2O4/c25-17-8-7-16(20(26)14-17)15-32-21-5-2-1-4-19(21)23(29)27-18-9-11-28(12-10-18)24(30)22-6-3-13-31-22/h1-8,13-14,18H,9-12,15H2,(H,27,29). The number of carbonyl (C=O) groups excluding carboxylic acids is 2. The predicted octanol–water partition coefficient (Wildman–Crippen LogP) is 5.20. The van der Waals surface area contributed by atoms with Gasteiger partial charge in [0.05, 0.1) is 11.8 Å². The Balaban J connectivity index is 1.34. The lowest BCUT2D eigenvalue weighted by atomic mass is 10.0. The van der Waals surface area contributed by atoms with Gasteiger partial charge in [0.1, 0.15) is 12.4 Å². The first kappa shape index (κ1) is 22.2. The number of rotatable bonds is 6. The third kappa shape index (κ3) is 5.26. The highest BCUT2D eigenvalue weighted by Gasteiger charge is 2.26. The van der Waals surface area contributed by atoms with Crippen LogP contribution in [0.1, 0.15) is 39.3 Å². The number of hydrogen-bond acceptors (Lipinski definition) is 4. The molecule has 1 saturated heterocycles. The van der Waals surface area contributed by atoms with E-state index in [9.17, 15) is 9.59 Å². The van der Waals surface area contributed by atoms with Gasteiger partial charge in [-0.3, -0.25) is 9.59 Å². The highest BCUT2D eigenvalue weighted by molar-refractivity contribution is 6.35. The van der Waals surface area contributed by atoms with Gasteiger partial charge in [-0.05, 0) is 49.2 Å². The predicted molar refractivity (Wildman–Crippen MR) is 122 cm³/mol. The van der Waals surface area contributed by atoms with Crippen molar-refractivity contribution < 1.29 is 18.7 Å². The molecule has 166 valence electrons. The lowest BCUT2D eigenvalue weighted by Crippen LogP contribution is -2.46. The minimum Gasteiger partial charge on any atom is -0.488 e. The zero-order valence-corrected chi connectivity index (χ0v) is 18.7. The summed E-state index contributed by atoms with van der Waals surface area (Å²) in [5, 5.41) is 4.12. The smallest absolute Gasteiger partial charge is 0.289 e. The first-order valence-electron chi connectivity index (χ1n) is 10.3. The molecule has 2 aromatic carbocycles. The number of ether oxygens (including phenoxy) is 1. The Morgan fingerprint density at radius 3 is 2.56 bits per heavy atom. The van der Waals surface area contributed by atoms with Gasteiger partial charge >= 0.3 is 0 Å². The molecule has 1 fully saturated rings. The Morgan fingerprint density at radius 2 is 1.84 bits per heavy atom. The third-order valence-corrected chi connectivity index (χ3v) is 5.97. The fourth-order valence-electron chi connectivity index (χ4n) is 3.62. The number of benzene rings is 2. The van der Waals surface area contributed by atoms with E-state index >= 15 is 0 Å². The minimum atomic E-state index is -0.210. The van der Waals surface area contributed by atoms with E-state index in [0.29, 0.717) is 53.0 Å². The Morgan fingerprint density at radius 1 is 1.06 bits per heavy atom. The Kier molecular flexibility index (Phi) is 7.02. The van der Waals surface area contributed by atoms with Crippen molar-refractivity contribution in [3.05, 3.63) is 87.8 Å². The van der Waals surface area contributed by atoms with Gasteiger partial charge in [-0.25, -0.2) is 0 Å². The molecule has 1 aliphatic heterocycles. The average molecular weight is 473 g/mol. The van der Waals surface area contributed by atoms with Gasteiger partial charge in [0.2, 0.25) is 0 Å². The summed E-state index contributed by atoms with van der Waals surface area (Å²) in [6.45, 7) is 1.32. The number of furan rings is 1. The number of amides is 2. The summed E-state index contributed by atoms with van der Waals surface area (Å²) in [5.74, 6) is 0.471. The second kappa shape index (κ2) is 10.1. The average Bonchev–Trinajstić information content (AvgIpc) is 3.34. The van der Waals surface area contributed by atoms with Crippen molar-refractivity contribution in [3.63, 3.8) is 0 Å². The molecule has 0 spiro atoms. The normalized spacial score (nSPS) is 14.2. The third-order valence-electron chi connectivity index (χ3n) is 5.38. The molecule has 2 heterocycles. The van der Waals surface area contributed by atoms with Crippen LogP contribution < -0.4 is 10.1 Å². The minimum absolute atomic E-state index is 0.0260. The molecule has 0 atom stereocenters. The molecule has 1 aliphatic rings. The summed E-state index contributed by atoms with van der Waals surface area (Å²) in [6, 6.07) is 15.6. The van der Waals surface area contributed by atoms with E-state index in [1.54, 1.807) is 53.4 Å². The molecule has 8 heteroatoms. The first-order chi connectivity index (χ1) is 15.5. The van der Waals surface area contributed by atoms with E-state index in [4.69, 9.17) is 32.4 Å². The maximum atomic E-state index is 12.9. The maximum absolute atomic E-state index is 12.9. The quantitative estimate of drug-likeness (QED) is 0.534. The Bertz CT molecular complexity index is 1090. The van der Waals surface area contributed by atoms with Crippen LogP contribution in [0, 0.1) is 0 Å². The van der Waals surface area contributed by atoms with Crippen LogP contribution in [0.3, 0.4) is 0 Å². The molecule has 0 aliphatic carbocycles. The van der Waals surface area contributed by atoms with Crippen molar-refractivity contribution in [2.75, 3.05) is 13.1 Å². The zero-order valence-electron chi connectivity index (χ0n) is 17.2. The van der Waals surface area contributed by atoms with Gasteiger partial charge in [0, 0.05) is 34.7 Å². The number of likely N-dealkylation sites (tertiary alicyclic amines) is 1. The lowest BCUT2D eigenvalue weighted by Gasteiger charge is -2.32. The van der Waals surface area contributed by atoms with Gasteiger partial charge < -0.3 is 19.4 Å². The van der Waals surface area contributed by atoms with Crippen molar-refractivity contribution in [3.8, 4) is 5.75 Å². The van der Waals surface area contributed by atoms with Crippen LogP contribution in [-0.4, -0.2) is 35.8 Å². The van der Waals surface area contributed by atoms with Gasteiger partial charge in [0.25, 0.3) is 11.8 Å². The second-order valence-corrected chi connectivity index (χ2v) is 8.38. The molecule has 4 rings (SSSR count). The van der Waals surface area contributed by atoms with Crippen molar-refractivity contribution in [2.45, 2.75) is 25.5 Å². The van der Waals surface area contributed by atoms with Gasteiger partial charge in [0.15, 0.2) is 5.76 Å². The fraction of sp³-hybridized carbons (Fsp3) is 0.250. The molecular formula is C24H22Cl2N2O4. The number of hydrogen-bond donors (Lipinski definition) is 1. The molecule has 1 N–H and O–H groups in total. The molecule has 3 aromatic rings. The first-order valence-corrected chi connectivity index (χ1v) is 11.1. The SMILES string of the molecule is O=C(NC1CCN(C(=O)c2ccco2)CC1)c1ccccc1OCc1ccc(Cl)cc1Cl. The van der Waals surface area contributed by atoms with Crippen LogP contribution in [0.15, 0.2) is 65.3 Å². The number of piperidine rings is 1. The molecule has 0 radical (unpaired) electrons. The molecule has 0 unspecified atom stereocenters. The summed E-state index contributed by atoms with van der Waals surface area (Å²) in [4.78, 5) is 27.1. The second-order valence-electron chi connectivity index (χ2n) is 7.54. The van der Waals surface area contributed by atoms with Crippen LogP contribution in [0.5, 0.6) is 5.75 Å². The van der Waals surface area contributed by atoms with Gasteiger partial charge in [-0.15, -0.1) is 0 Å². The summed E-state index contributed by atoms with van der Waals surface area (Å²) >= 11 is 12.2. The van der Waals surface area contributed by atoms with E-state index < -0.39 is 0 Å². The summed E-state index contributed by atoms with van der Waals surface area (Å²) in [5.41, 5.74) is 1.23. The van der Waals surface area contributed by atoms with Crippen molar-refractivity contribution in [2.24, 2.45) is 0 Å². The van der Waals surface area contributed by atoms with Crippen LogP contribution in [0.25, 0.3) is 0 Å². The number of para-hydroxylation sites is 1. The van der Waals surface area contributed by atoms with Crippen molar-refractivity contribution >= 4 is 35.0 Å². The highest BCUT2D eigenvalue weighted by Crippen LogP contribution is 2.25. The molecule has 1 aromatic heterocycles. The summed E-state index contributed by atoms with van der Waals surface area (Å²) < 4.78 is 11.1. The van der Waals surface area contributed by atoms with Crippen LogP contribution in [0.4, 0.5) is 0 Å². The Hall–Kier alpha value is -2.96. The van der Waals surface area contributed by atoms with Crippen LogP contribution >= 0.6 is 23.2 Å². The summed E-state index contributed by atoms with van der Waals surface area (Å²) in [6.07, 6.45) is 2.82. The molecular weight excluding hydrogens is 451 g/mol. The number of nitrogens with one attached hydrogen (secondary N) is 1. The largest absolute Gasteiger partial charge is 0.488 e. The number of nitrogens with zero attached hydrogens (tertiary/aromatic N) is 1. The van der Waals surface area contributed by atoms with Gasteiger partial charge in [-0.1, -0.05) is 41.4 Å². The van der Waals surface area contributed by atoms with Crippen LogP contribution in [-0.2, 0) is 6.61 Å². The van der Waals surface area contributed by atoms with Gasteiger partial charge in [-0.2, -0.15) is 0 Å². The monoisotopic (exact) mass is 472 g/mol. The molecule has 0 bridgehead atoms. The summed E-state index contributed by atoms with van der Waals surface area (Å²) in [7, 11) is 0. The van der Waals surface area contributed by atoms with E-state index in [2.05, 4.69) is 5.32 Å². The van der Waals surface area contributed by atoms with E-state index in [1.165, 1.54) is 6.26 Å². The Labute approximate surface area is 196 Å². The molecule has 0 saturated carbocycles. The molecule has 2 amide bonds.